The number of aryl methyl sites for hydroxylation is 3. The maximum atomic E-state index is 11.8. The summed E-state index contributed by atoms with van der Waals surface area (Å²) in [5, 5.41) is 11.0. The van der Waals surface area contributed by atoms with Crippen LogP contribution in [0.1, 0.15) is 34.3 Å². The number of nitro benzene ring substituents is 1. The zero-order valence-electron chi connectivity index (χ0n) is 11.6. The van der Waals surface area contributed by atoms with Crippen molar-refractivity contribution in [2.75, 3.05) is 0 Å². The molecule has 0 bridgehead atoms. The number of ketones is 1. The lowest BCUT2D eigenvalue weighted by molar-refractivity contribution is -0.385. The second-order valence-corrected chi connectivity index (χ2v) is 5.35. The second-order valence-electron chi connectivity index (χ2n) is 5.35. The van der Waals surface area contributed by atoms with Crippen molar-refractivity contribution in [2.45, 2.75) is 32.2 Å². The second kappa shape index (κ2) is 5.52. The van der Waals surface area contributed by atoms with Crippen molar-refractivity contribution in [3.8, 4) is 0 Å². The molecule has 3 rings (SSSR count). The lowest BCUT2D eigenvalue weighted by atomic mass is 9.95. The molecule has 0 radical (unpaired) electrons. The van der Waals surface area contributed by atoms with Crippen LogP contribution in [0.2, 0.25) is 0 Å². The third-order valence-corrected chi connectivity index (χ3v) is 3.94. The van der Waals surface area contributed by atoms with Gasteiger partial charge in [-0.15, -0.1) is 0 Å². The maximum absolute atomic E-state index is 11.8. The van der Waals surface area contributed by atoms with Gasteiger partial charge in [0.1, 0.15) is 0 Å². The number of carbonyl (C=O) groups excluding carboxylic acids is 1. The Labute approximate surface area is 122 Å². The molecule has 0 atom stereocenters. The molecule has 1 heterocycles. The van der Waals surface area contributed by atoms with E-state index in [4.69, 9.17) is 0 Å². The molecule has 0 amide bonds. The number of nitro groups is 1. The summed E-state index contributed by atoms with van der Waals surface area (Å²) in [5.41, 5.74) is 2.81. The predicted octanol–water partition coefficient (Wildman–Crippen LogP) is 3.16. The van der Waals surface area contributed by atoms with Crippen LogP contribution >= 0.6 is 0 Å². The number of fused-ring (bicyclic) bond motifs is 1. The minimum atomic E-state index is -0.348. The summed E-state index contributed by atoms with van der Waals surface area (Å²) in [5.74, 6) is 0.209. The Morgan fingerprint density at radius 3 is 2.76 bits per heavy atom. The smallest absolute Gasteiger partial charge is 0.272 e. The van der Waals surface area contributed by atoms with Gasteiger partial charge in [0.15, 0.2) is 5.78 Å². The number of nitrogens with zero attached hydrogens (tertiary/aromatic N) is 2. The van der Waals surface area contributed by atoms with Gasteiger partial charge in [0.2, 0.25) is 0 Å². The highest BCUT2D eigenvalue weighted by Crippen LogP contribution is 2.23. The number of hydrogen-bond donors (Lipinski definition) is 0. The number of carbonyl (C=O) groups is 1. The van der Waals surface area contributed by atoms with Gasteiger partial charge in [-0.05, 0) is 24.8 Å². The van der Waals surface area contributed by atoms with Gasteiger partial charge >= 0.3 is 0 Å². The summed E-state index contributed by atoms with van der Waals surface area (Å²) in [6.07, 6.45) is 6.95. The molecule has 0 N–H and O–H groups in total. The molecule has 5 nitrogen and oxygen atoms in total. The highest BCUT2D eigenvalue weighted by Gasteiger charge is 2.19. The molecule has 0 aliphatic heterocycles. The van der Waals surface area contributed by atoms with Crippen molar-refractivity contribution < 1.29 is 9.72 Å². The summed E-state index contributed by atoms with van der Waals surface area (Å²) in [4.78, 5) is 22.5. The average Bonchev–Trinajstić information content (AvgIpc) is 2.90. The molecule has 1 aromatic heterocycles. The van der Waals surface area contributed by atoms with Gasteiger partial charge in [-0.3, -0.25) is 14.9 Å². The van der Waals surface area contributed by atoms with E-state index in [-0.39, 0.29) is 16.4 Å². The van der Waals surface area contributed by atoms with Gasteiger partial charge in [0.25, 0.3) is 5.69 Å². The molecule has 1 aliphatic carbocycles. The van der Waals surface area contributed by atoms with Crippen molar-refractivity contribution in [2.24, 2.45) is 0 Å². The first-order chi connectivity index (χ1) is 10.1. The van der Waals surface area contributed by atoms with Gasteiger partial charge < -0.3 is 4.57 Å². The number of aromatic nitrogens is 1. The fourth-order valence-corrected chi connectivity index (χ4v) is 2.86. The molecule has 108 valence electrons. The first-order valence-electron chi connectivity index (χ1n) is 7.09. The van der Waals surface area contributed by atoms with Gasteiger partial charge in [-0.2, -0.15) is 0 Å². The number of para-hydroxylation sites is 1. The molecule has 0 fully saturated rings. The van der Waals surface area contributed by atoms with E-state index in [2.05, 4.69) is 0 Å². The van der Waals surface area contributed by atoms with Crippen molar-refractivity contribution in [1.29, 1.82) is 0 Å². The first-order valence-corrected chi connectivity index (χ1v) is 7.09. The third-order valence-electron chi connectivity index (χ3n) is 3.94. The van der Waals surface area contributed by atoms with Crippen LogP contribution in [0, 0.1) is 10.1 Å². The Morgan fingerprint density at radius 2 is 2.00 bits per heavy atom. The minimum absolute atomic E-state index is 0.158. The van der Waals surface area contributed by atoms with Crippen LogP contribution in [0.4, 0.5) is 5.69 Å². The predicted molar refractivity (Wildman–Crippen MR) is 78.5 cm³/mol. The fraction of sp³-hybridized carbons (Fsp3) is 0.312. The number of rotatable bonds is 4. The zero-order chi connectivity index (χ0) is 14.8. The normalized spacial score (nSPS) is 14.0. The number of hydrogen-bond acceptors (Lipinski definition) is 3. The van der Waals surface area contributed by atoms with Gasteiger partial charge in [0.05, 0.1) is 4.92 Å². The Kier molecular flexibility index (Phi) is 3.56. The van der Waals surface area contributed by atoms with Crippen LogP contribution in [-0.4, -0.2) is 15.3 Å². The third kappa shape index (κ3) is 2.72. The molecule has 0 saturated heterocycles. The Balaban J connectivity index is 1.77. The summed E-state index contributed by atoms with van der Waals surface area (Å²) in [6, 6.07) is 6.80. The fourth-order valence-electron chi connectivity index (χ4n) is 2.86. The quantitative estimate of drug-likeness (QED) is 0.640. The average molecular weight is 284 g/mol. The number of benzene rings is 1. The van der Waals surface area contributed by atoms with E-state index in [1.54, 1.807) is 12.1 Å². The molecular formula is C16H16N2O3. The molecule has 0 saturated carbocycles. The standard InChI is InChI=1S/C16H16N2O3/c19-16-7-3-5-13-10-17(11-14(13)16)9-8-12-4-1-2-6-15(12)18(20)21/h1-2,4,6,10-11H,3,5,7-9H2. The van der Waals surface area contributed by atoms with Crippen molar-refractivity contribution >= 4 is 11.5 Å². The summed E-state index contributed by atoms with van der Waals surface area (Å²) in [7, 11) is 0. The van der Waals surface area contributed by atoms with E-state index in [0.29, 0.717) is 19.4 Å². The van der Waals surface area contributed by atoms with E-state index in [1.165, 1.54) is 6.07 Å². The molecule has 5 heteroatoms. The van der Waals surface area contributed by atoms with Crippen LogP contribution in [0.15, 0.2) is 36.7 Å². The molecule has 0 unspecified atom stereocenters. The number of Topliss-reactive ketones (excluding diaryl/α,β-unsaturated/α-hetero) is 1. The van der Waals surface area contributed by atoms with Gasteiger partial charge in [-0.25, -0.2) is 0 Å². The summed E-state index contributed by atoms with van der Waals surface area (Å²) in [6.45, 7) is 0.644. The van der Waals surface area contributed by atoms with Crippen LogP contribution in [0.5, 0.6) is 0 Å². The molecule has 0 spiro atoms. The lowest BCUT2D eigenvalue weighted by Gasteiger charge is -2.07. The Bertz CT molecular complexity index is 703. The van der Waals surface area contributed by atoms with Crippen LogP contribution in [0.25, 0.3) is 0 Å². The van der Waals surface area contributed by atoms with Crippen molar-refractivity contribution in [1.82, 2.24) is 4.57 Å². The van der Waals surface area contributed by atoms with Crippen LogP contribution in [0.3, 0.4) is 0 Å². The molecule has 21 heavy (non-hydrogen) atoms. The van der Waals surface area contributed by atoms with E-state index in [1.807, 2.05) is 23.0 Å². The highest BCUT2D eigenvalue weighted by atomic mass is 16.6. The van der Waals surface area contributed by atoms with Crippen LogP contribution < -0.4 is 0 Å². The maximum Gasteiger partial charge on any atom is 0.272 e. The monoisotopic (exact) mass is 284 g/mol. The summed E-state index contributed by atoms with van der Waals surface area (Å²) < 4.78 is 1.98. The van der Waals surface area contributed by atoms with E-state index >= 15 is 0 Å². The molecule has 1 aliphatic rings. The van der Waals surface area contributed by atoms with Crippen LogP contribution in [-0.2, 0) is 19.4 Å². The Hall–Kier alpha value is -2.43. The van der Waals surface area contributed by atoms with E-state index in [9.17, 15) is 14.9 Å². The van der Waals surface area contributed by atoms with Gasteiger partial charge in [-0.1, -0.05) is 18.2 Å². The lowest BCUT2D eigenvalue weighted by Crippen LogP contribution is -2.07. The molecular weight excluding hydrogens is 268 g/mol. The highest BCUT2D eigenvalue weighted by molar-refractivity contribution is 5.98. The van der Waals surface area contributed by atoms with Crippen molar-refractivity contribution in [3.05, 3.63) is 63.5 Å². The topological polar surface area (TPSA) is 65.1 Å². The summed E-state index contributed by atoms with van der Waals surface area (Å²) >= 11 is 0. The SMILES string of the molecule is O=C1CCCc2cn(CCc3ccccc3[N+](=O)[O-])cc21. The van der Waals surface area contributed by atoms with E-state index < -0.39 is 0 Å². The minimum Gasteiger partial charge on any atom is -0.353 e. The van der Waals surface area contributed by atoms with Crippen molar-refractivity contribution in [3.63, 3.8) is 0 Å². The van der Waals surface area contributed by atoms with Gasteiger partial charge in [0, 0.05) is 42.6 Å². The molecule has 1 aromatic carbocycles. The molecule has 2 aromatic rings. The Morgan fingerprint density at radius 1 is 1.19 bits per heavy atom. The van der Waals surface area contributed by atoms with E-state index in [0.717, 1.165) is 29.5 Å². The first kappa shape index (κ1) is 13.5. The zero-order valence-corrected chi connectivity index (χ0v) is 11.6. The largest absolute Gasteiger partial charge is 0.353 e.